The summed E-state index contributed by atoms with van der Waals surface area (Å²) in [5, 5.41) is 0. The Morgan fingerprint density at radius 3 is 2.69 bits per heavy atom. The molecule has 3 aromatic rings. The minimum absolute atomic E-state index is 0.0548. The van der Waals surface area contributed by atoms with Crippen LogP contribution in [0.1, 0.15) is 15.9 Å². The van der Waals surface area contributed by atoms with Crippen molar-refractivity contribution < 1.29 is 36.8 Å². The van der Waals surface area contributed by atoms with E-state index in [1.54, 1.807) is 7.11 Å². The Labute approximate surface area is 180 Å². The van der Waals surface area contributed by atoms with Crippen molar-refractivity contribution in [2.75, 3.05) is 27.3 Å². The van der Waals surface area contributed by atoms with Gasteiger partial charge in [0.2, 0.25) is 5.89 Å². The zero-order chi connectivity index (χ0) is 23.3. The van der Waals surface area contributed by atoms with Crippen LogP contribution in [0.5, 0.6) is 0 Å². The van der Waals surface area contributed by atoms with Gasteiger partial charge in [-0.05, 0) is 42.9 Å². The van der Waals surface area contributed by atoms with Crippen molar-refractivity contribution in [3.05, 3.63) is 53.6 Å². The molecule has 0 aliphatic rings. The van der Waals surface area contributed by atoms with Gasteiger partial charge in [-0.15, -0.1) is 0 Å². The molecule has 0 spiro atoms. The number of carbonyl (C=O) groups is 2. The Bertz CT molecular complexity index is 1110. The van der Waals surface area contributed by atoms with Gasteiger partial charge in [-0.1, -0.05) is 12.1 Å². The lowest BCUT2D eigenvalue weighted by Crippen LogP contribution is -2.34. The number of ether oxygens (including phenoxy) is 1. The van der Waals surface area contributed by atoms with Crippen molar-refractivity contribution in [1.82, 2.24) is 15.4 Å². The molecule has 0 atom stereocenters. The molecule has 11 heteroatoms. The lowest BCUT2D eigenvalue weighted by Gasteiger charge is -2.16. The van der Waals surface area contributed by atoms with Crippen LogP contribution in [-0.2, 0) is 20.9 Å². The van der Waals surface area contributed by atoms with E-state index in [0.717, 1.165) is 17.7 Å². The van der Waals surface area contributed by atoms with Gasteiger partial charge in [-0.3, -0.25) is 9.69 Å². The Morgan fingerprint density at radius 2 is 1.97 bits per heavy atom. The third kappa shape index (κ3) is 5.83. The van der Waals surface area contributed by atoms with E-state index in [0.29, 0.717) is 30.1 Å². The molecule has 0 saturated heterocycles. The van der Waals surface area contributed by atoms with E-state index in [2.05, 4.69) is 14.7 Å². The van der Waals surface area contributed by atoms with E-state index in [1.807, 2.05) is 31.3 Å². The predicted molar refractivity (Wildman–Crippen MR) is 107 cm³/mol. The fourth-order valence-electron chi connectivity index (χ4n) is 2.84. The molecule has 0 bridgehead atoms. The zero-order valence-electron chi connectivity index (χ0n) is 17.2. The second-order valence-corrected chi connectivity index (χ2v) is 6.95. The average molecular weight is 451 g/mol. The summed E-state index contributed by atoms with van der Waals surface area (Å²) in [6.07, 6.45) is -5.22. The summed E-state index contributed by atoms with van der Waals surface area (Å²) in [5.74, 6) is -3.24. The van der Waals surface area contributed by atoms with Crippen molar-refractivity contribution in [3.8, 4) is 11.5 Å². The number of aromatic nitrogens is 1. The van der Waals surface area contributed by atoms with Crippen LogP contribution in [0.2, 0.25) is 0 Å². The summed E-state index contributed by atoms with van der Waals surface area (Å²) < 4.78 is 47.3. The first-order valence-corrected chi connectivity index (χ1v) is 9.43. The lowest BCUT2D eigenvalue weighted by molar-refractivity contribution is -0.204. The molecule has 1 amide bonds. The third-order valence-electron chi connectivity index (χ3n) is 4.42. The largest absolute Gasteiger partial charge is 0.493 e. The number of rotatable bonds is 7. The van der Waals surface area contributed by atoms with E-state index in [4.69, 9.17) is 9.15 Å². The van der Waals surface area contributed by atoms with Crippen molar-refractivity contribution in [2.45, 2.75) is 12.7 Å². The highest BCUT2D eigenvalue weighted by atomic mass is 19.4. The van der Waals surface area contributed by atoms with Crippen molar-refractivity contribution in [2.24, 2.45) is 0 Å². The summed E-state index contributed by atoms with van der Waals surface area (Å²) in [7, 11) is 3.62. The number of nitrogens with zero attached hydrogens (tertiary/aromatic N) is 2. The first-order valence-electron chi connectivity index (χ1n) is 9.43. The third-order valence-corrected chi connectivity index (χ3v) is 4.42. The first-order chi connectivity index (χ1) is 15.2. The molecule has 3 rings (SSSR count). The SMILES string of the molecule is COCCN(C)Cc1cccc(-c2nc3cc(C(=O)NOC(=O)C(F)(F)F)ccc3o2)c1. The molecule has 8 nitrogen and oxygen atoms in total. The van der Waals surface area contributed by atoms with Gasteiger partial charge in [0.1, 0.15) is 5.52 Å². The minimum atomic E-state index is -5.22. The van der Waals surface area contributed by atoms with Crippen LogP contribution in [-0.4, -0.2) is 55.2 Å². The number of nitrogens with one attached hydrogen (secondary N) is 1. The van der Waals surface area contributed by atoms with Gasteiger partial charge in [0.25, 0.3) is 5.91 Å². The summed E-state index contributed by atoms with van der Waals surface area (Å²) in [4.78, 5) is 32.9. The van der Waals surface area contributed by atoms with Crippen LogP contribution >= 0.6 is 0 Å². The van der Waals surface area contributed by atoms with Crippen LogP contribution in [0.4, 0.5) is 13.2 Å². The Hall–Kier alpha value is -3.44. The second-order valence-electron chi connectivity index (χ2n) is 6.95. The topological polar surface area (TPSA) is 93.9 Å². The van der Waals surface area contributed by atoms with E-state index in [1.165, 1.54) is 23.7 Å². The van der Waals surface area contributed by atoms with Crippen LogP contribution in [0.25, 0.3) is 22.6 Å². The van der Waals surface area contributed by atoms with Crippen molar-refractivity contribution in [1.29, 1.82) is 0 Å². The number of methoxy groups -OCH3 is 1. The Kier molecular flexibility index (Phi) is 7.11. The van der Waals surface area contributed by atoms with E-state index in [9.17, 15) is 22.8 Å². The molecular formula is C21H20F3N3O5. The molecule has 1 aromatic heterocycles. The molecule has 0 aliphatic carbocycles. The second kappa shape index (κ2) is 9.79. The normalized spacial score (nSPS) is 11.7. The quantitative estimate of drug-likeness (QED) is 0.551. The van der Waals surface area contributed by atoms with Crippen LogP contribution in [0.15, 0.2) is 46.9 Å². The monoisotopic (exact) mass is 451 g/mol. The fraction of sp³-hybridized carbons (Fsp3) is 0.286. The molecular weight excluding hydrogens is 431 g/mol. The predicted octanol–water partition coefficient (Wildman–Crippen LogP) is 3.32. The molecule has 2 aromatic carbocycles. The Balaban J connectivity index is 1.74. The van der Waals surface area contributed by atoms with Gasteiger partial charge >= 0.3 is 12.1 Å². The van der Waals surface area contributed by atoms with Gasteiger partial charge in [0.05, 0.1) is 6.61 Å². The number of alkyl halides is 3. The maximum atomic E-state index is 12.2. The highest BCUT2D eigenvalue weighted by molar-refractivity contribution is 5.97. The molecule has 32 heavy (non-hydrogen) atoms. The lowest BCUT2D eigenvalue weighted by atomic mass is 10.1. The van der Waals surface area contributed by atoms with Gasteiger partial charge < -0.3 is 14.0 Å². The molecule has 0 radical (unpaired) electrons. The summed E-state index contributed by atoms with van der Waals surface area (Å²) >= 11 is 0. The number of carbonyl (C=O) groups excluding carboxylic acids is 2. The van der Waals surface area contributed by atoms with Crippen LogP contribution in [0, 0.1) is 0 Å². The highest BCUT2D eigenvalue weighted by Crippen LogP contribution is 2.26. The van der Waals surface area contributed by atoms with Gasteiger partial charge in [-0.25, -0.2) is 9.78 Å². The number of oxazole rings is 1. The molecule has 0 aliphatic heterocycles. The van der Waals surface area contributed by atoms with Gasteiger partial charge in [0, 0.05) is 31.3 Å². The smallest absolute Gasteiger partial charge is 0.436 e. The number of amides is 1. The van der Waals surface area contributed by atoms with Crippen molar-refractivity contribution >= 4 is 23.0 Å². The number of fused-ring (bicyclic) bond motifs is 1. The van der Waals surface area contributed by atoms with Crippen LogP contribution in [0.3, 0.4) is 0 Å². The van der Waals surface area contributed by atoms with Crippen molar-refractivity contribution in [3.63, 3.8) is 0 Å². The molecule has 1 N–H and O–H groups in total. The van der Waals surface area contributed by atoms with Gasteiger partial charge in [0.15, 0.2) is 5.58 Å². The first kappa shape index (κ1) is 23.2. The zero-order valence-corrected chi connectivity index (χ0v) is 17.2. The summed E-state index contributed by atoms with van der Waals surface area (Å²) in [5.41, 5.74) is 3.87. The summed E-state index contributed by atoms with van der Waals surface area (Å²) in [6, 6.07) is 11.7. The van der Waals surface area contributed by atoms with E-state index < -0.39 is 18.1 Å². The van der Waals surface area contributed by atoms with E-state index >= 15 is 0 Å². The van der Waals surface area contributed by atoms with Crippen LogP contribution < -0.4 is 5.48 Å². The Morgan fingerprint density at radius 1 is 1.19 bits per heavy atom. The minimum Gasteiger partial charge on any atom is -0.436 e. The molecule has 0 saturated carbocycles. The molecule has 1 heterocycles. The summed E-state index contributed by atoms with van der Waals surface area (Å²) in [6.45, 7) is 2.08. The number of hydrogen-bond donors (Lipinski definition) is 1. The van der Waals surface area contributed by atoms with Gasteiger partial charge in [-0.2, -0.15) is 18.7 Å². The molecule has 0 unspecified atom stereocenters. The fourth-order valence-corrected chi connectivity index (χ4v) is 2.84. The number of hydroxylamine groups is 1. The number of hydrogen-bond acceptors (Lipinski definition) is 7. The number of likely N-dealkylation sites (N-methyl/N-ethyl adjacent to an activating group) is 1. The number of halogens is 3. The maximum Gasteiger partial charge on any atom is 0.493 e. The average Bonchev–Trinajstić information content (AvgIpc) is 3.18. The molecule has 0 fully saturated rings. The standard InChI is InChI=1S/C21H20F3N3O5/c1-27(8-9-30-2)12-13-4-3-5-15(10-13)19-25-16-11-14(6-7-17(16)31-19)18(28)26-32-20(29)21(22,23)24/h3-7,10-11H,8-9,12H2,1-2H3,(H,26,28). The van der Waals surface area contributed by atoms with E-state index in [-0.39, 0.29) is 5.56 Å². The number of benzene rings is 2. The highest BCUT2D eigenvalue weighted by Gasteiger charge is 2.42. The molecule has 170 valence electrons. The maximum absolute atomic E-state index is 12.2.